The Morgan fingerprint density at radius 3 is 2.03 bits per heavy atom. The summed E-state index contributed by atoms with van der Waals surface area (Å²) in [5.41, 5.74) is -1.77. The van der Waals surface area contributed by atoms with Gasteiger partial charge in [0, 0.05) is 12.1 Å². The zero-order valence-electron chi connectivity index (χ0n) is 18.8. The van der Waals surface area contributed by atoms with Crippen molar-refractivity contribution >= 4 is 0 Å². The first-order chi connectivity index (χ1) is 16.8. The zero-order chi connectivity index (χ0) is 26.7. The Morgan fingerprint density at radius 1 is 0.917 bits per heavy atom. The third-order valence-corrected chi connectivity index (χ3v) is 5.46. The van der Waals surface area contributed by atoms with E-state index in [2.05, 4.69) is 9.47 Å². The number of hydrogen-bond acceptors (Lipinski definition) is 3. The normalized spacial score (nSPS) is 19.1. The van der Waals surface area contributed by atoms with E-state index in [0.29, 0.717) is 31.1 Å². The predicted molar refractivity (Wildman–Crippen MR) is 109 cm³/mol. The molecule has 0 saturated carbocycles. The van der Waals surface area contributed by atoms with Gasteiger partial charge in [-0.1, -0.05) is 13.3 Å². The molecule has 2 aromatic carbocycles. The van der Waals surface area contributed by atoms with Crippen LogP contribution >= 0.6 is 0 Å². The quantitative estimate of drug-likeness (QED) is 0.256. The number of hydrogen-bond donors (Lipinski definition) is 0. The summed E-state index contributed by atoms with van der Waals surface area (Å²) < 4.78 is 137. The molecule has 1 fully saturated rings. The molecule has 12 heteroatoms. The second-order valence-corrected chi connectivity index (χ2v) is 8.21. The van der Waals surface area contributed by atoms with Crippen LogP contribution in [0.2, 0.25) is 0 Å². The van der Waals surface area contributed by atoms with Crippen molar-refractivity contribution in [1.82, 2.24) is 0 Å². The molecule has 0 aromatic heterocycles. The van der Waals surface area contributed by atoms with Gasteiger partial charge >= 0.3 is 12.3 Å². The second kappa shape index (κ2) is 11.0. The molecule has 0 aliphatic carbocycles. The van der Waals surface area contributed by atoms with Gasteiger partial charge in [0.15, 0.2) is 17.4 Å². The minimum atomic E-state index is -4.83. The van der Waals surface area contributed by atoms with Crippen LogP contribution in [0.4, 0.5) is 39.5 Å². The minimum absolute atomic E-state index is 0.0185. The Hall–Kier alpha value is -2.89. The van der Waals surface area contributed by atoms with Crippen molar-refractivity contribution in [3.8, 4) is 11.5 Å². The summed E-state index contributed by atoms with van der Waals surface area (Å²) >= 11 is 0. The van der Waals surface area contributed by atoms with E-state index in [9.17, 15) is 39.5 Å². The largest absolute Gasteiger partial charge is 0.459 e. The van der Waals surface area contributed by atoms with Gasteiger partial charge in [0.25, 0.3) is 0 Å². The first-order valence-corrected chi connectivity index (χ1v) is 10.9. The van der Waals surface area contributed by atoms with Crippen LogP contribution in [-0.4, -0.2) is 12.8 Å². The highest BCUT2D eigenvalue weighted by atomic mass is 19.4. The van der Waals surface area contributed by atoms with Crippen molar-refractivity contribution in [2.24, 2.45) is 5.92 Å². The maximum Gasteiger partial charge on any atom is 0.432 e. The number of halogens is 9. The molecule has 3 nitrogen and oxygen atoms in total. The SMILES string of the molecule is CCCC1CCC(c2cc(F)c(C(F)(F)Oc3cc(F)c(OC=CC(F)(F)F)c(F)c3)c(F)c2)OC1. The van der Waals surface area contributed by atoms with Crippen LogP contribution in [0, 0.1) is 29.2 Å². The second-order valence-electron chi connectivity index (χ2n) is 8.21. The number of alkyl halides is 5. The molecule has 2 aromatic rings. The molecule has 1 heterocycles. The van der Waals surface area contributed by atoms with Crippen molar-refractivity contribution in [3.05, 3.63) is 71.0 Å². The summed E-state index contributed by atoms with van der Waals surface area (Å²) in [6, 6.07) is 1.71. The molecule has 0 bridgehead atoms. The van der Waals surface area contributed by atoms with E-state index in [-0.39, 0.29) is 24.0 Å². The number of rotatable bonds is 8. The fourth-order valence-corrected chi connectivity index (χ4v) is 3.85. The van der Waals surface area contributed by atoms with E-state index in [4.69, 9.17) is 4.74 Å². The van der Waals surface area contributed by atoms with Crippen LogP contribution in [0.1, 0.15) is 49.8 Å². The summed E-state index contributed by atoms with van der Waals surface area (Å²) in [7, 11) is 0. The van der Waals surface area contributed by atoms with Gasteiger partial charge in [-0.05, 0) is 42.9 Å². The summed E-state index contributed by atoms with van der Waals surface area (Å²) in [6.45, 7) is 2.38. The van der Waals surface area contributed by atoms with Crippen molar-refractivity contribution in [2.75, 3.05) is 6.61 Å². The Balaban J connectivity index is 1.78. The molecule has 0 amide bonds. The van der Waals surface area contributed by atoms with Crippen LogP contribution in [0.25, 0.3) is 0 Å². The summed E-state index contributed by atoms with van der Waals surface area (Å²) in [5.74, 6) is -8.93. The van der Waals surface area contributed by atoms with E-state index in [0.717, 1.165) is 19.3 Å². The molecule has 1 aliphatic rings. The fraction of sp³-hybridized carbons (Fsp3) is 0.417. The molecule has 1 aliphatic heterocycles. The molecular formula is C24H21F9O3. The Bertz CT molecular complexity index is 1040. The Labute approximate surface area is 200 Å². The van der Waals surface area contributed by atoms with E-state index in [1.807, 2.05) is 6.92 Å². The fourth-order valence-electron chi connectivity index (χ4n) is 3.85. The summed E-state index contributed by atoms with van der Waals surface area (Å²) in [6.07, 6.45) is -7.67. The highest BCUT2D eigenvalue weighted by Crippen LogP contribution is 2.39. The van der Waals surface area contributed by atoms with Crippen LogP contribution in [-0.2, 0) is 10.8 Å². The topological polar surface area (TPSA) is 27.7 Å². The van der Waals surface area contributed by atoms with E-state index in [1.54, 1.807) is 0 Å². The van der Waals surface area contributed by atoms with Gasteiger partial charge in [0.1, 0.15) is 22.9 Å². The van der Waals surface area contributed by atoms with Gasteiger partial charge in [-0.2, -0.15) is 22.0 Å². The van der Waals surface area contributed by atoms with Crippen LogP contribution in [0.3, 0.4) is 0 Å². The van der Waals surface area contributed by atoms with Gasteiger partial charge in [-0.25, -0.2) is 17.6 Å². The van der Waals surface area contributed by atoms with Crippen LogP contribution in [0.5, 0.6) is 11.5 Å². The smallest absolute Gasteiger partial charge is 0.432 e. The van der Waals surface area contributed by atoms with E-state index >= 15 is 0 Å². The van der Waals surface area contributed by atoms with Crippen molar-refractivity contribution in [2.45, 2.75) is 51.0 Å². The lowest BCUT2D eigenvalue weighted by Gasteiger charge is -2.29. The molecule has 2 atom stereocenters. The maximum atomic E-state index is 14.6. The van der Waals surface area contributed by atoms with Gasteiger partial charge in [-0.3, -0.25) is 0 Å². The molecule has 198 valence electrons. The molecule has 36 heavy (non-hydrogen) atoms. The van der Waals surface area contributed by atoms with Gasteiger partial charge in [0.05, 0.1) is 25.0 Å². The number of ether oxygens (including phenoxy) is 3. The molecule has 0 N–H and O–H groups in total. The van der Waals surface area contributed by atoms with E-state index in [1.165, 1.54) is 0 Å². The summed E-state index contributed by atoms with van der Waals surface area (Å²) in [5, 5.41) is 0. The molecule has 3 rings (SSSR count). The highest BCUT2D eigenvalue weighted by molar-refractivity contribution is 5.37. The average Bonchev–Trinajstić information content (AvgIpc) is 2.74. The first-order valence-electron chi connectivity index (χ1n) is 10.9. The van der Waals surface area contributed by atoms with Gasteiger partial charge < -0.3 is 14.2 Å². The molecule has 2 unspecified atom stereocenters. The summed E-state index contributed by atoms with van der Waals surface area (Å²) in [4.78, 5) is 0. The van der Waals surface area contributed by atoms with Gasteiger partial charge in [-0.15, -0.1) is 0 Å². The molecule has 0 spiro atoms. The Kier molecular flexibility index (Phi) is 8.48. The van der Waals surface area contributed by atoms with Gasteiger partial charge in [0.2, 0.25) is 0 Å². The minimum Gasteiger partial charge on any atom is -0.459 e. The lowest BCUT2D eigenvalue weighted by atomic mass is 9.91. The third-order valence-electron chi connectivity index (χ3n) is 5.46. The number of benzene rings is 2. The van der Waals surface area contributed by atoms with Crippen LogP contribution in [0.15, 0.2) is 36.6 Å². The third kappa shape index (κ3) is 6.86. The molecular weight excluding hydrogens is 507 g/mol. The average molecular weight is 528 g/mol. The Morgan fingerprint density at radius 2 is 1.53 bits per heavy atom. The van der Waals surface area contributed by atoms with Crippen LogP contribution < -0.4 is 9.47 Å². The highest BCUT2D eigenvalue weighted by Gasteiger charge is 2.42. The molecule has 0 radical (unpaired) electrons. The zero-order valence-corrected chi connectivity index (χ0v) is 18.8. The monoisotopic (exact) mass is 528 g/mol. The lowest BCUT2D eigenvalue weighted by molar-refractivity contribution is -0.189. The standard InChI is InChI=1S/C24H21F9O3/c1-2-3-13-4-5-20(35-12-13)14-8-16(25)21(17(26)9-14)24(32,33)36-15-10-18(27)22(19(28)11-15)34-7-6-23(29,30)31/h6-11,13,20H,2-5,12H2,1H3. The predicted octanol–water partition coefficient (Wildman–Crippen LogP) is 8.09. The first kappa shape index (κ1) is 27.7. The maximum absolute atomic E-state index is 14.6. The lowest BCUT2D eigenvalue weighted by Crippen LogP contribution is -2.26. The van der Waals surface area contributed by atoms with Crippen molar-refractivity contribution in [3.63, 3.8) is 0 Å². The molecule has 1 saturated heterocycles. The number of allylic oxidation sites excluding steroid dienone is 1. The van der Waals surface area contributed by atoms with Crippen molar-refractivity contribution < 1.29 is 53.7 Å². The van der Waals surface area contributed by atoms with E-state index < -0.39 is 64.8 Å². The van der Waals surface area contributed by atoms with Crippen molar-refractivity contribution in [1.29, 1.82) is 0 Å².